The van der Waals surface area contributed by atoms with Crippen molar-refractivity contribution in [2.45, 2.75) is 20.3 Å². The second-order valence-corrected chi connectivity index (χ2v) is 7.88. The summed E-state index contributed by atoms with van der Waals surface area (Å²) in [7, 11) is 1.89. The van der Waals surface area contributed by atoms with E-state index in [1.165, 1.54) is 6.07 Å². The molecule has 9 heteroatoms. The SMILES string of the molecule is Cc1nn(C)c(C)c1CCN=C(NC(=O)c1ccc(F)c(F)c1)Nc1ccc(Br)cc1. The Kier molecular flexibility index (Phi) is 7.17. The predicted octanol–water partition coefficient (Wildman–Crippen LogP) is 4.52. The van der Waals surface area contributed by atoms with Crippen LogP contribution in [0.25, 0.3) is 0 Å². The average molecular weight is 490 g/mol. The molecule has 0 aliphatic rings. The summed E-state index contributed by atoms with van der Waals surface area (Å²) in [6.07, 6.45) is 0.637. The van der Waals surface area contributed by atoms with Crippen molar-refractivity contribution in [2.75, 3.05) is 11.9 Å². The van der Waals surface area contributed by atoms with Gasteiger partial charge in [-0.25, -0.2) is 8.78 Å². The zero-order chi connectivity index (χ0) is 22.5. The van der Waals surface area contributed by atoms with Gasteiger partial charge in [-0.05, 0) is 68.3 Å². The minimum absolute atomic E-state index is 0.0110. The number of hydrogen-bond acceptors (Lipinski definition) is 3. The average Bonchev–Trinajstić information content (AvgIpc) is 2.97. The van der Waals surface area contributed by atoms with Crippen molar-refractivity contribution in [3.63, 3.8) is 0 Å². The number of rotatable bonds is 5. The van der Waals surface area contributed by atoms with Gasteiger partial charge in [0.15, 0.2) is 11.6 Å². The largest absolute Gasteiger partial charge is 0.326 e. The maximum Gasteiger partial charge on any atom is 0.258 e. The smallest absolute Gasteiger partial charge is 0.258 e. The van der Waals surface area contributed by atoms with Crippen molar-refractivity contribution >= 4 is 33.5 Å². The van der Waals surface area contributed by atoms with Crippen LogP contribution in [0.3, 0.4) is 0 Å². The first-order chi connectivity index (χ1) is 14.7. The topological polar surface area (TPSA) is 71.3 Å². The van der Waals surface area contributed by atoms with E-state index in [0.717, 1.165) is 33.6 Å². The highest BCUT2D eigenvalue weighted by molar-refractivity contribution is 9.10. The molecule has 0 saturated heterocycles. The molecule has 1 amide bonds. The van der Waals surface area contributed by atoms with Crippen LogP contribution in [0.5, 0.6) is 0 Å². The molecule has 1 heterocycles. The highest BCUT2D eigenvalue weighted by Gasteiger charge is 2.13. The number of guanidine groups is 1. The Labute approximate surface area is 187 Å². The van der Waals surface area contributed by atoms with Gasteiger partial charge in [-0.1, -0.05) is 15.9 Å². The fourth-order valence-corrected chi connectivity index (χ4v) is 3.32. The number of carbonyl (C=O) groups excluding carboxylic acids is 1. The molecule has 1 aromatic heterocycles. The maximum absolute atomic E-state index is 13.5. The molecule has 3 rings (SSSR count). The lowest BCUT2D eigenvalue weighted by atomic mass is 10.1. The summed E-state index contributed by atoms with van der Waals surface area (Å²) in [5.74, 6) is -2.50. The molecule has 6 nitrogen and oxygen atoms in total. The van der Waals surface area contributed by atoms with Crippen LogP contribution in [0.4, 0.5) is 14.5 Å². The third-order valence-electron chi connectivity index (χ3n) is 4.81. The van der Waals surface area contributed by atoms with Crippen LogP contribution in [0.2, 0.25) is 0 Å². The molecule has 0 spiro atoms. The van der Waals surface area contributed by atoms with Crippen LogP contribution < -0.4 is 10.6 Å². The van der Waals surface area contributed by atoms with E-state index < -0.39 is 17.5 Å². The Bertz CT molecular complexity index is 1130. The van der Waals surface area contributed by atoms with Crippen molar-refractivity contribution in [2.24, 2.45) is 12.0 Å². The van der Waals surface area contributed by atoms with Gasteiger partial charge >= 0.3 is 0 Å². The van der Waals surface area contributed by atoms with Crippen molar-refractivity contribution in [1.82, 2.24) is 15.1 Å². The first-order valence-electron chi connectivity index (χ1n) is 9.57. The number of amides is 1. The minimum Gasteiger partial charge on any atom is -0.326 e. The van der Waals surface area contributed by atoms with Crippen LogP contribution in [-0.4, -0.2) is 28.2 Å². The van der Waals surface area contributed by atoms with E-state index in [9.17, 15) is 13.6 Å². The van der Waals surface area contributed by atoms with Crippen LogP contribution in [0.15, 0.2) is 51.9 Å². The number of benzene rings is 2. The monoisotopic (exact) mass is 489 g/mol. The Morgan fingerprint density at radius 2 is 1.84 bits per heavy atom. The van der Waals surface area contributed by atoms with E-state index in [-0.39, 0.29) is 11.5 Å². The van der Waals surface area contributed by atoms with E-state index in [2.05, 4.69) is 36.7 Å². The molecule has 0 saturated carbocycles. The van der Waals surface area contributed by atoms with Crippen molar-refractivity contribution in [3.05, 3.63) is 81.1 Å². The number of aromatic nitrogens is 2. The van der Waals surface area contributed by atoms with Gasteiger partial charge in [0.2, 0.25) is 5.96 Å². The molecule has 2 N–H and O–H groups in total. The van der Waals surface area contributed by atoms with Gasteiger partial charge in [0.1, 0.15) is 0 Å². The maximum atomic E-state index is 13.5. The van der Waals surface area contributed by atoms with Gasteiger partial charge in [-0.3, -0.25) is 19.8 Å². The van der Waals surface area contributed by atoms with Gasteiger partial charge in [0, 0.05) is 35.0 Å². The van der Waals surface area contributed by atoms with Gasteiger partial charge in [-0.2, -0.15) is 5.10 Å². The highest BCUT2D eigenvalue weighted by Crippen LogP contribution is 2.15. The molecule has 0 fully saturated rings. The fraction of sp³-hybridized carbons (Fsp3) is 0.227. The summed E-state index contributed by atoms with van der Waals surface area (Å²) in [5.41, 5.74) is 3.79. The summed E-state index contributed by atoms with van der Waals surface area (Å²) < 4.78 is 29.4. The standard InChI is InChI=1S/C22H22BrF2N5O/c1-13-18(14(2)30(3)29-13)10-11-26-22(27-17-7-5-16(23)6-8-17)28-21(31)15-4-9-19(24)20(25)12-15/h4-9,12H,10-11H2,1-3H3,(H2,26,27,28,31). The third kappa shape index (κ3) is 5.75. The molecular weight excluding hydrogens is 468 g/mol. The molecule has 31 heavy (non-hydrogen) atoms. The summed E-state index contributed by atoms with van der Waals surface area (Å²) >= 11 is 3.38. The lowest BCUT2D eigenvalue weighted by Gasteiger charge is -2.12. The zero-order valence-electron chi connectivity index (χ0n) is 17.3. The molecule has 0 aliphatic carbocycles. The number of anilines is 1. The summed E-state index contributed by atoms with van der Waals surface area (Å²) in [5, 5.41) is 10.1. The lowest BCUT2D eigenvalue weighted by molar-refractivity contribution is 0.0976. The third-order valence-corrected chi connectivity index (χ3v) is 5.34. The Morgan fingerprint density at radius 3 is 2.45 bits per heavy atom. The van der Waals surface area contributed by atoms with E-state index >= 15 is 0 Å². The second kappa shape index (κ2) is 9.82. The van der Waals surface area contributed by atoms with Crippen LogP contribution in [0, 0.1) is 25.5 Å². The van der Waals surface area contributed by atoms with E-state index in [0.29, 0.717) is 18.7 Å². The predicted molar refractivity (Wildman–Crippen MR) is 120 cm³/mol. The minimum atomic E-state index is -1.09. The number of aryl methyl sites for hydroxylation is 2. The molecule has 0 aliphatic heterocycles. The number of halogens is 3. The molecule has 162 valence electrons. The Morgan fingerprint density at radius 1 is 1.13 bits per heavy atom. The van der Waals surface area contributed by atoms with Crippen LogP contribution in [-0.2, 0) is 13.5 Å². The molecule has 0 atom stereocenters. The lowest BCUT2D eigenvalue weighted by Crippen LogP contribution is -2.36. The Hall–Kier alpha value is -3.07. The van der Waals surface area contributed by atoms with E-state index in [1.54, 1.807) is 0 Å². The number of hydrogen-bond donors (Lipinski definition) is 2. The quantitative estimate of drug-likeness (QED) is 0.408. The van der Waals surface area contributed by atoms with Crippen LogP contribution >= 0.6 is 15.9 Å². The van der Waals surface area contributed by atoms with Gasteiger partial charge in [0.25, 0.3) is 5.91 Å². The van der Waals surface area contributed by atoms with Crippen LogP contribution in [0.1, 0.15) is 27.3 Å². The molecule has 2 aromatic carbocycles. The molecule has 0 bridgehead atoms. The molecule has 3 aromatic rings. The van der Waals surface area contributed by atoms with Crippen molar-refractivity contribution in [1.29, 1.82) is 0 Å². The fourth-order valence-electron chi connectivity index (χ4n) is 3.06. The second-order valence-electron chi connectivity index (χ2n) is 6.97. The normalized spacial score (nSPS) is 11.5. The Balaban J connectivity index is 1.79. The first kappa shape index (κ1) is 22.6. The highest BCUT2D eigenvalue weighted by atomic mass is 79.9. The molecule has 0 radical (unpaired) electrons. The summed E-state index contributed by atoms with van der Waals surface area (Å²) in [4.78, 5) is 17.1. The number of nitrogens with one attached hydrogen (secondary N) is 2. The van der Waals surface area contributed by atoms with Crippen molar-refractivity contribution in [3.8, 4) is 0 Å². The van der Waals surface area contributed by atoms with E-state index in [1.807, 2.05) is 49.8 Å². The van der Waals surface area contributed by atoms with Crippen molar-refractivity contribution < 1.29 is 13.6 Å². The number of nitrogens with zero attached hydrogens (tertiary/aromatic N) is 3. The zero-order valence-corrected chi connectivity index (χ0v) is 18.9. The summed E-state index contributed by atoms with van der Waals surface area (Å²) in [6, 6.07) is 10.3. The molecular formula is C22H22BrF2N5O. The number of aliphatic imine (C=N–C) groups is 1. The van der Waals surface area contributed by atoms with Gasteiger partial charge in [0.05, 0.1) is 5.69 Å². The first-order valence-corrected chi connectivity index (χ1v) is 10.4. The summed E-state index contributed by atoms with van der Waals surface area (Å²) in [6.45, 7) is 4.33. The number of carbonyl (C=O) groups is 1. The van der Waals surface area contributed by atoms with E-state index in [4.69, 9.17) is 0 Å². The molecule has 0 unspecified atom stereocenters. The van der Waals surface area contributed by atoms with Gasteiger partial charge < -0.3 is 5.32 Å². The van der Waals surface area contributed by atoms with Gasteiger partial charge in [-0.15, -0.1) is 0 Å².